The second kappa shape index (κ2) is 6.26. The first-order valence-electron chi connectivity index (χ1n) is 9.95. The van der Waals surface area contributed by atoms with Gasteiger partial charge in [0.2, 0.25) is 5.91 Å². The molecule has 2 heterocycles. The molecular formula is C22H24N4O2. The number of ether oxygens (including phenoxy) is 1. The number of carbonyl (C=O) groups excluding carboxylic acids is 1. The zero-order chi connectivity index (χ0) is 19.4. The Morgan fingerprint density at radius 2 is 2.25 bits per heavy atom. The van der Waals surface area contributed by atoms with Gasteiger partial charge in [0.15, 0.2) is 0 Å². The fraction of sp³-hybridized carbons (Fsp3) is 0.500. The fourth-order valence-electron chi connectivity index (χ4n) is 4.71. The van der Waals surface area contributed by atoms with Crippen LogP contribution in [0.4, 0.5) is 5.82 Å². The lowest BCUT2D eigenvalue weighted by Crippen LogP contribution is -2.41. The average Bonchev–Trinajstić information content (AvgIpc) is 3.59. The van der Waals surface area contributed by atoms with Crippen LogP contribution in [-0.2, 0) is 14.9 Å². The number of pyridine rings is 1. The molecule has 2 unspecified atom stereocenters. The number of benzene rings is 1. The van der Waals surface area contributed by atoms with Crippen LogP contribution in [0, 0.1) is 16.7 Å². The maximum Gasteiger partial charge on any atom is 0.228 e. The third-order valence-electron chi connectivity index (χ3n) is 6.67. The first kappa shape index (κ1) is 17.6. The second-order valence-electron chi connectivity index (χ2n) is 8.61. The first-order chi connectivity index (χ1) is 13.5. The van der Waals surface area contributed by atoms with Gasteiger partial charge < -0.3 is 15.0 Å². The van der Waals surface area contributed by atoms with Crippen molar-refractivity contribution in [3.63, 3.8) is 0 Å². The summed E-state index contributed by atoms with van der Waals surface area (Å²) in [7, 11) is 2.04. The molecule has 1 N–H and O–H groups in total. The normalized spacial score (nSPS) is 28.1. The van der Waals surface area contributed by atoms with Crippen LogP contribution in [-0.4, -0.2) is 48.6 Å². The molecule has 1 spiro atoms. The summed E-state index contributed by atoms with van der Waals surface area (Å²) >= 11 is 0. The highest BCUT2D eigenvalue weighted by Gasteiger charge is 2.75. The topological polar surface area (TPSA) is 78.2 Å². The number of morpholine rings is 1. The van der Waals surface area contributed by atoms with E-state index in [4.69, 9.17) is 4.74 Å². The van der Waals surface area contributed by atoms with E-state index < -0.39 is 0 Å². The third-order valence-corrected chi connectivity index (χ3v) is 6.67. The Kier molecular flexibility index (Phi) is 3.94. The molecule has 6 nitrogen and oxygen atoms in total. The van der Waals surface area contributed by atoms with Crippen molar-refractivity contribution in [3.8, 4) is 6.07 Å². The quantitative estimate of drug-likeness (QED) is 0.888. The number of carbonyl (C=O) groups is 1. The van der Waals surface area contributed by atoms with Gasteiger partial charge in [-0.25, -0.2) is 4.98 Å². The van der Waals surface area contributed by atoms with Crippen molar-refractivity contribution >= 4 is 22.5 Å². The molecule has 1 aromatic heterocycles. The van der Waals surface area contributed by atoms with Gasteiger partial charge in [0.05, 0.1) is 30.6 Å². The number of nitrogens with one attached hydrogen (secondary N) is 1. The highest BCUT2D eigenvalue weighted by atomic mass is 16.5. The number of hydrogen-bond donors (Lipinski definition) is 1. The summed E-state index contributed by atoms with van der Waals surface area (Å²) in [5, 5.41) is 14.7. The molecule has 6 heteroatoms. The Morgan fingerprint density at radius 3 is 2.96 bits per heavy atom. The number of hydrogen-bond acceptors (Lipinski definition) is 5. The number of nitriles is 1. The van der Waals surface area contributed by atoms with E-state index in [1.807, 2.05) is 19.2 Å². The van der Waals surface area contributed by atoms with Gasteiger partial charge >= 0.3 is 0 Å². The molecule has 2 saturated carbocycles. The van der Waals surface area contributed by atoms with Crippen LogP contribution >= 0.6 is 0 Å². The van der Waals surface area contributed by atoms with Gasteiger partial charge in [-0.3, -0.25) is 4.79 Å². The van der Waals surface area contributed by atoms with Crippen molar-refractivity contribution < 1.29 is 9.53 Å². The maximum absolute atomic E-state index is 12.4. The van der Waals surface area contributed by atoms with Crippen molar-refractivity contribution in [3.05, 3.63) is 36.0 Å². The summed E-state index contributed by atoms with van der Waals surface area (Å²) in [6, 6.07) is 10.7. The monoisotopic (exact) mass is 376 g/mol. The number of rotatable bonds is 4. The van der Waals surface area contributed by atoms with Crippen molar-refractivity contribution in [1.82, 2.24) is 9.88 Å². The first-order valence-corrected chi connectivity index (χ1v) is 9.95. The average molecular weight is 376 g/mol. The number of aromatic nitrogens is 1. The predicted octanol–water partition coefficient (Wildman–Crippen LogP) is 2.84. The fourth-order valence-corrected chi connectivity index (χ4v) is 4.71. The molecule has 1 aliphatic heterocycles. The smallest absolute Gasteiger partial charge is 0.228 e. The zero-order valence-electron chi connectivity index (χ0n) is 16.1. The van der Waals surface area contributed by atoms with Crippen molar-refractivity contribution in [1.29, 1.82) is 5.26 Å². The number of fused-ring (bicyclic) bond motifs is 1. The van der Waals surface area contributed by atoms with Crippen LogP contribution in [0.1, 0.15) is 31.2 Å². The minimum absolute atomic E-state index is 0.0779. The summed E-state index contributed by atoms with van der Waals surface area (Å²) in [4.78, 5) is 19.0. The Hall–Kier alpha value is -2.49. The second-order valence-corrected chi connectivity index (χ2v) is 8.61. The largest absolute Gasteiger partial charge is 0.375 e. The molecule has 28 heavy (non-hydrogen) atoms. The highest BCUT2D eigenvalue weighted by Crippen LogP contribution is 2.78. The van der Waals surface area contributed by atoms with Crippen LogP contribution in [0.5, 0.6) is 0 Å². The van der Waals surface area contributed by atoms with E-state index in [0.29, 0.717) is 18.8 Å². The van der Waals surface area contributed by atoms with Crippen molar-refractivity contribution in [2.24, 2.45) is 5.41 Å². The van der Waals surface area contributed by atoms with Crippen LogP contribution in [0.3, 0.4) is 0 Å². The molecule has 5 rings (SSSR count). The molecule has 2 atom stereocenters. The van der Waals surface area contributed by atoms with E-state index in [1.165, 1.54) is 0 Å². The third kappa shape index (κ3) is 2.86. The van der Waals surface area contributed by atoms with Crippen LogP contribution in [0.2, 0.25) is 0 Å². The number of amides is 1. The molecule has 3 aliphatic rings. The Morgan fingerprint density at radius 1 is 1.39 bits per heavy atom. The van der Waals surface area contributed by atoms with Gasteiger partial charge in [-0.15, -0.1) is 0 Å². The summed E-state index contributed by atoms with van der Waals surface area (Å²) in [6.45, 7) is 2.33. The van der Waals surface area contributed by atoms with Crippen molar-refractivity contribution in [2.45, 2.75) is 37.2 Å². The van der Waals surface area contributed by atoms with E-state index >= 15 is 0 Å². The predicted molar refractivity (Wildman–Crippen MR) is 106 cm³/mol. The van der Waals surface area contributed by atoms with Crippen LogP contribution in [0.25, 0.3) is 10.8 Å². The molecule has 1 aromatic carbocycles. The van der Waals surface area contributed by atoms with Crippen molar-refractivity contribution in [2.75, 3.05) is 32.1 Å². The maximum atomic E-state index is 12.4. The highest BCUT2D eigenvalue weighted by molar-refractivity contribution is 5.93. The molecule has 1 amide bonds. The lowest BCUT2D eigenvalue weighted by atomic mass is 9.92. The number of anilines is 1. The molecule has 3 fully saturated rings. The molecule has 2 aromatic rings. The summed E-state index contributed by atoms with van der Waals surface area (Å²) < 4.78 is 5.67. The molecule has 0 bridgehead atoms. The Labute approximate surface area is 164 Å². The summed E-state index contributed by atoms with van der Waals surface area (Å²) in [6.07, 6.45) is 5.32. The molecule has 2 aliphatic carbocycles. The zero-order valence-corrected chi connectivity index (χ0v) is 16.1. The molecule has 1 saturated heterocycles. The number of likely N-dealkylation sites (N-methyl/N-ethyl adjacent to an activating group) is 1. The van der Waals surface area contributed by atoms with Gasteiger partial charge in [-0.2, -0.15) is 5.26 Å². The van der Waals surface area contributed by atoms with Gasteiger partial charge in [0, 0.05) is 24.7 Å². The summed E-state index contributed by atoms with van der Waals surface area (Å²) in [5.74, 6) is 0.456. The van der Waals surface area contributed by atoms with Gasteiger partial charge in [0.25, 0.3) is 0 Å². The molecule has 144 valence electrons. The van der Waals surface area contributed by atoms with Crippen LogP contribution in [0.15, 0.2) is 30.5 Å². The summed E-state index contributed by atoms with van der Waals surface area (Å²) in [5.41, 5.74) is 1.03. The minimum Gasteiger partial charge on any atom is -0.375 e. The Bertz CT molecular complexity index is 994. The van der Waals surface area contributed by atoms with E-state index in [-0.39, 0.29) is 22.8 Å². The van der Waals surface area contributed by atoms with Gasteiger partial charge in [0.1, 0.15) is 5.82 Å². The van der Waals surface area contributed by atoms with E-state index in [9.17, 15) is 10.1 Å². The van der Waals surface area contributed by atoms with Gasteiger partial charge in [-0.1, -0.05) is 12.1 Å². The minimum atomic E-state index is -0.307. The van der Waals surface area contributed by atoms with Crippen LogP contribution < -0.4 is 5.32 Å². The standard InChI is InChI=1S/C22H24N4O2/c1-26-6-7-28-18(12-26)10-20(27)25-19-9-16-8-17(3-2-15(16)11-24-19)22(14-23)13-21(22)4-5-21/h2-3,8-9,11,18H,4-7,10,12-13H2,1H3,(H,24,25,27). The van der Waals surface area contributed by atoms with E-state index in [2.05, 4.69) is 33.4 Å². The lowest BCUT2D eigenvalue weighted by Gasteiger charge is -2.29. The Balaban J connectivity index is 1.33. The SMILES string of the molecule is CN1CCOC(CC(=O)Nc2cc3cc(C4(C#N)CC45CC5)ccc3cn2)C1. The van der Waals surface area contributed by atoms with E-state index in [1.54, 1.807) is 6.20 Å². The van der Waals surface area contributed by atoms with Gasteiger partial charge in [-0.05, 0) is 54.8 Å². The van der Waals surface area contributed by atoms with E-state index in [0.717, 1.165) is 48.7 Å². The lowest BCUT2D eigenvalue weighted by molar-refractivity contribution is -0.120. The number of nitrogens with zero attached hydrogens (tertiary/aromatic N) is 3. The molecule has 0 radical (unpaired) electrons. The molecular weight excluding hydrogens is 352 g/mol.